The van der Waals surface area contributed by atoms with Gasteiger partial charge in [0.15, 0.2) is 0 Å². The maximum Gasteiger partial charge on any atom is 0.340 e. The fraction of sp³-hybridized carbons (Fsp3) is 0.438. The van der Waals surface area contributed by atoms with E-state index in [0.29, 0.717) is 17.9 Å². The number of hydrogen-bond donors (Lipinski definition) is 0. The van der Waals surface area contributed by atoms with Crippen molar-refractivity contribution in [2.75, 3.05) is 13.7 Å². The lowest BCUT2D eigenvalue weighted by Crippen LogP contribution is -2.10. The summed E-state index contributed by atoms with van der Waals surface area (Å²) in [4.78, 5) is 12.3. The average Bonchev–Trinajstić information content (AvgIpc) is 2.80. The second-order valence-corrected chi connectivity index (χ2v) is 5.29. The van der Waals surface area contributed by atoms with Crippen molar-refractivity contribution in [1.29, 1.82) is 0 Å². The van der Waals surface area contributed by atoms with Crippen LogP contribution in [-0.2, 0) is 10.6 Å². The molecule has 0 spiro atoms. The molecule has 0 bridgehead atoms. The first kappa shape index (κ1) is 15.7. The Morgan fingerprint density at radius 1 is 1.38 bits per heavy atom. The molecule has 4 nitrogen and oxygen atoms in total. The Balaban J connectivity index is 2.81. The standard InChI is InChI=1S/C16H20ClNO3/c1-5-21-16(19)15-12-8-11(20-4)6-7-13(12)18(10(2)3)14(15)9-17/h6-8,10H,5,9H2,1-4H3. The monoisotopic (exact) mass is 309 g/mol. The highest BCUT2D eigenvalue weighted by Gasteiger charge is 2.24. The van der Waals surface area contributed by atoms with E-state index in [2.05, 4.69) is 18.4 Å². The molecule has 0 aliphatic heterocycles. The van der Waals surface area contributed by atoms with Crippen molar-refractivity contribution in [3.8, 4) is 5.75 Å². The Morgan fingerprint density at radius 2 is 2.10 bits per heavy atom. The van der Waals surface area contributed by atoms with Gasteiger partial charge in [-0.3, -0.25) is 0 Å². The molecule has 0 unspecified atom stereocenters. The number of benzene rings is 1. The average molecular weight is 310 g/mol. The largest absolute Gasteiger partial charge is 0.497 e. The molecule has 0 atom stereocenters. The zero-order valence-electron chi connectivity index (χ0n) is 12.8. The zero-order valence-corrected chi connectivity index (χ0v) is 13.5. The summed E-state index contributed by atoms with van der Waals surface area (Å²) in [5.74, 6) is 0.615. The van der Waals surface area contributed by atoms with E-state index >= 15 is 0 Å². The minimum Gasteiger partial charge on any atom is -0.497 e. The van der Waals surface area contributed by atoms with E-state index in [1.165, 1.54) is 0 Å². The van der Waals surface area contributed by atoms with Crippen molar-refractivity contribution in [2.45, 2.75) is 32.7 Å². The molecule has 0 N–H and O–H groups in total. The number of methoxy groups -OCH3 is 1. The van der Waals surface area contributed by atoms with Gasteiger partial charge in [0.05, 0.1) is 25.2 Å². The summed E-state index contributed by atoms with van der Waals surface area (Å²) in [6.45, 7) is 6.25. The molecule has 1 aromatic carbocycles. The summed E-state index contributed by atoms with van der Waals surface area (Å²) < 4.78 is 12.5. The van der Waals surface area contributed by atoms with Crippen LogP contribution in [0.15, 0.2) is 18.2 Å². The van der Waals surface area contributed by atoms with Crippen LogP contribution in [0.4, 0.5) is 0 Å². The van der Waals surface area contributed by atoms with E-state index in [9.17, 15) is 4.79 Å². The maximum atomic E-state index is 12.3. The van der Waals surface area contributed by atoms with E-state index in [1.54, 1.807) is 14.0 Å². The lowest BCUT2D eigenvalue weighted by Gasteiger charge is -2.13. The number of fused-ring (bicyclic) bond motifs is 1. The number of aromatic nitrogens is 1. The Bertz CT molecular complexity index is 661. The maximum absolute atomic E-state index is 12.3. The molecule has 0 amide bonds. The first-order valence-electron chi connectivity index (χ1n) is 6.99. The Labute approximate surface area is 129 Å². The molecule has 0 aliphatic rings. The third-order valence-corrected chi connectivity index (χ3v) is 3.69. The number of alkyl halides is 1. The second kappa shape index (κ2) is 6.39. The molecule has 5 heteroatoms. The Morgan fingerprint density at radius 3 is 2.62 bits per heavy atom. The highest BCUT2D eigenvalue weighted by Crippen LogP contribution is 2.33. The highest BCUT2D eigenvalue weighted by atomic mass is 35.5. The molecule has 2 rings (SSSR count). The third kappa shape index (κ3) is 2.72. The normalized spacial score (nSPS) is 11.1. The Kier molecular flexibility index (Phi) is 4.78. The van der Waals surface area contributed by atoms with Gasteiger partial charge in [0, 0.05) is 22.6 Å². The van der Waals surface area contributed by atoms with Gasteiger partial charge in [-0.2, -0.15) is 0 Å². The summed E-state index contributed by atoms with van der Waals surface area (Å²) in [7, 11) is 1.60. The number of rotatable bonds is 5. The van der Waals surface area contributed by atoms with Gasteiger partial charge in [-0.1, -0.05) is 0 Å². The number of nitrogens with zero attached hydrogens (tertiary/aromatic N) is 1. The second-order valence-electron chi connectivity index (χ2n) is 5.02. The summed E-state index contributed by atoms with van der Waals surface area (Å²) in [5, 5.41) is 0.817. The van der Waals surface area contributed by atoms with E-state index in [0.717, 1.165) is 16.6 Å². The van der Waals surface area contributed by atoms with Crippen molar-refractivity contribution < 1.29 is 14.3 Å². The van der Waals surface area contributed by atoms with Crippen LogP contribution in [0.2, 0.25) is 0 Å². The van der Waals surface area contributed by atoms with E-state index < -0.39 is 0 Å². The molecule has 0 aliphatic carbocycles. The van der Waals surface area contributed by atoms with Crippen molar-refractivity contribution >= 4 is 28.5 Å². The van der Waals surface area contributed by atoms with Gasteiger partial charge in [0.25, 0.3) is 0 Å². The summed E-state index contributed by atoms with van der Waals surface area (Å²) in [6, 6.07) is 5.88. The van der Waals surface area contributed by atoms with Crippen LogP contribution in [0.25, 0.3) is 10.9 Å². The summed E-state index contributed by atoms with van der Waals surface area (Å²) in [5.41, 5.74) is 2.28. The number of carbonyl (C=O) groups excluding carboxylic acids is 1. The van der Waals surface area contributed by atoms with Crippen LogP contribution in [0.1, 0.15) is 42.9 Å². The van der Waals surface area contributed by atoms with Crippen LogP contribution in [0, 0.1) is 0 Å². The molecule has 0 saturated heterocycles. The van der Waals surface area contributed by atoms with Crippen molar-refractivity contribution in [2.24, 2.45) is 0 Å². The Hall–Kier alpha value is -1.68. The van der Waals surface area contributed by atoms with Crippen LogP contribution >= 0.6 is 11.6 Å². The number of halogens is 1. The smallest absolute Gasteiger partial charge is 0.340 e. The van der Waals surface area contributed by atoms with Gasteiger partial charge in [0.1, 0.15) is 5.75 Å². The first-order chi connectivity index (χ1) is 10.0. The lowest BCUT2D eigenvalue weighted by molar-refractivity contribution is 0.0527. The van der Waals surface area contributed by atoms with Crippen LogP contribution in [0.3, 0.4) is 0 Å². The van der Waals surface area contributed by atoms with Crippen molar-refractivity contribution in [3.63, 3.8) is 0 Å². The predicted molar refractivity (Wildman–Crippen MR) is 84.4 cm³/mol. The van der Waals surface area contributed by atoms with Gasteiger partial charge in [0.2, 0.25) is 0 Å². The third-order valence-electron chi connectivity index (χ3n) is 3.43. The van der Waals surface area contributed by atoms with E-state index in [-0.39, 0.29) is 17.9 Å². The number of ether oxygens (including phenoxy) is 2. The van der Waals surface area contributed by atoms with Gasteiger partial charge < -0.3 is 14.0 Å². The lowest BCUT2D eigenvalue weighted by atomic mass is 10.1. The molecule has 0 fully saturated rings. The summed E-state index contributed by atoms with van der Waals surface area (Å²) >= 11 is 6.11. The van der Waals surface area contributed by atoms with E-state index in [1.807, 2.05) is 18.2 Å². The van der Waals surface area contributed by atoms with Crippen LogP contribution in [0.5, 0.6) is 5.75 Å². The zero-order chi connectivity index (χ0) is 15.6. The summed E-state index contributed by atoms with van der Waals surface area (Å²) in [6.07, 6.45) is 0. The molecule has 0 saturated carbocycles. The molecular formula is C16H20ClNO3. The predicted octanol–water partition coefficient (Wildman–Crippen LogP) is 4.15. The number of carbonyl (C=O) groups is 1. The van der Waals surface area contributed by atoms with Crippen LogP contribution in [-0.4, -0.2) is 24.3 Å². The minimum atomic E-state index is -0.342. The number of esters is 1. The fourth-order valence-corrected chi connectivity index (χ4v) is 2.89. The quantitative estimate of drug-likeness (QED) is 0.615. The van der Waals surface area contributed by atoms with Crippen molar-refractivity contribution in [1.82, 2.24) is 4.57 Å². The number of hydrogen-bond acceptors (Lipinski definition) is 3. The molecular weight excluding hydrogens is 290 g/mol. The van der Waals surface area contributed by atoms with Gasteiger partial charge >= 0.3 is 5.97 Å². The molecule has 114 valence electrons. The van der Waals surface area contributed by atoms with Gasteiger partial charge in [-0.15, -0.1) is 11.6 Å². The SMILES string of the molecule is CCOC(=O)c1c(CCl)n(C(C)C)c2ccc(OC)cc12. The highest BCUT2D eigenvalue weighted by molar-refractivity contribution is 6.18. The van der Waals surface area contributed by atoms with Gasteiger partial charge in [-0.05, 0) is 39.0 Å². The topological polar surface area (TPSA) is 40.5 Å². The molecule has 2 aromatic rings. The minimum absolute atomic E-state index is 0.192. The molecule has 21 heavy (non-hydrogen) atoms. The fourth-order valence-electron chi connectivity index (χ4n) is 2.63. The van der Waals surface area contributed by atoms with E-state index in [4.69, 9.17) is 21.1 Å². The van der Waals surface area contributed by atoms with Crippen LogP contribution < -0.4 is 4.74 Å². The van der Waals surface area contributed by atoms with Gasteiger partial charge in [-0.25, -0.2) is 4.79 Å². The van der Waals surface area contributed by atoms with Crippen molar-refractivity contribution in [3.05, 3.63) is 29.5 Å². The molecule has 1 heterocycles. The molecule has 1 aromatic heterocycles. The first-order valence-corrected chi connectivity index (χ1v) is 7.52. The molecule has 0 radical (unpaired) electrons.